The fraction of sp³-hybridized carbons (Fsp3) is 0.625. The predicted molar refractivity (Wildman–Crippen MR) is 279 cm³/mol. The van der Waals surface area contributed by atoms with E-state index in [9.17, 15) is 28.9 Å². The predicted octanol–water partition coefficient (Wildman–Crippen LogP) is 14.7. The first-order valence-electron chi connectivity index (χ1n) is 25.8. The number of unbranched alkanes of at least 4 members (excludes halogenated alkanes) is 11. The summed E-state index contributed by atoms with van der Waals surface area (Å²) in [7, 11) is -4.78. The van der Waals surface area contributed by atoms with Crippen LogP contribution in [0.3, 0.4) is 0 Å². The molecule has 0 bridgehead atoms. The Labute approximate surface area is 412 Å². The molecule has 0 saturated heterocycles. The third-order valence-electron chi connectivity index (χ3n) is 10.2. The zero-order valence-electron chi connectivity index (χ0n) is 42.3. The lowest BCUT2D eigenvalue weighted by molar-refractivity contribution is -0.161. The summed E-state index contributed by atoms with van der Waals surface area (Å²) < 4.78 is 39.2. The van der Waals surface area contributed by atoms with E-state index in [2.05, 4.69) is 112 Å². The quantitative estimate of drug-likeness (QED) is 0.0197. The van der Waals surface area contributed by atoms with Gasteiger partial charge in [0.05, 0.1) is 19.8 Å². The molecule has 0 aromatic rings. The molecule has 68 heavy (non-hydrogen) atoms. The average molecular weight is 971 g/mol. The largest absolute Gasteiger partial charge is 0.472 e. The number of hydrogen-bond donors (Lipinski definition) is 2. The summed E-state index contributed by atoms with van der Waals surface area (Å²) in [6.45, 7) is 4.22. The summed E-state index contributed by atoms with van der Waals surface area (Å²) in [5, 5.41) is 9.75. The molecular weight excluding hydrogens is 880 g/mol. The van der Waals surface area contributed by atoms with Crippen LogP contribution in [-0.4, -0.2) is 66.5 Å². The summed E-state index contributed by atoms with van der Waals surface area (Å²) in [5.74, 6) is -1.63. The fourth-order valence-electron chi connectivity index (χ4n) is 6.29. The van der Waals surface area contributed by atoms with Crippen LogP contribution < -0.4 is 0 Å². The maximum absolute atomic E-state index is 12.8. The van der Waals surface area contributed by atoms with Gasteiger partial charge in [-0.25, -0.2) is 4.57 Å². The van der Waals surface area contributed by atoms with Crippen molar-refractivity contribution in [3.63, 3.8) is 0 Å². The van der Waals surface area contributed by atoms with Crippen molar-refractivity contribution >= 4 is 25.7 Å². The number of aliphatic hydroxyl groups is 1. The van der Waals surface area contributed by atoms with Gasteiger partial charge in [0.15, 0.2) is 6.10 Å². The number of phosphoric acid groups is 1. The summed E-state index contributed by atoms with van der Waals surface area (Å²) in [4.78, 5) is 48.3. The smallest absolute Gasteiger partial charge is 0.462 e. The first-order chi connectivity index (χ1) is 33.2. The van der Waals surface area contributed by atoms with Crippen LogP contribution in [0.1, 0.15) is 188 Å². The number of rotatable bonds is 46. The lowest BCUT2D eigenvalue weighted by Gasteiger charge is -2.21. The minimum absolute atomic E-state index is 0.0470. The number of ether oxygens (including phenoxy) is 3. The molecule has 0 aliphatic carbocycles. The van der Waals surface area contributed by atoms with Crippen LogP contribution in [0, 0.1) is 0 Å². The van der Waals surface area contributed by atoms with Gasteiger partial charge in [-0.15, -0.1) is 0 Å². The van der Waals surface area contributed by atoms with Gasteiger partial charge in [0.2, 0.25) is 0 Å². The molecule has 0 rings (SSSR count). The van der Waals surface area contributed by atoms with Gasteiger partial charge in [-0.05, 0) is 109 Å². The molecule has 0 aromatic carbocycles. The lowest BCUT2D eigenvalue weighted by atomic mass is 10.1. The Bertz CT molecular complexity index is 1550. The monoisotopic (exact) mass is 971 g/mol. The van der Waals surface area contributed by atoms with Gasteiger partial charge in [-0.2, -0.15) is 0 Å². The van der Waals surface area contributed by atoms with E-state index in [1.807, 2.05) is 18.2 Å². The molecule has 12 heteroatoms. The summed E-state index contributed by atoms with van der Waals surface area (Å²) in [6, 6.07) is 0. The van der Waals surface area contributed by atoms with Gasteiger partial charge in [0.1, 0.15) is 12.7 Å². The number of phosphoric ester groups is 1. The van der Waals surface area contributed by atoms with Crippen LogP contribution >= 0.6 is 7.82 Å². The first-order valence-corrected chi connectivity index (χ1v) is 27.3. The molecule has 2 N–H and O–H groups in total. The first kappa shape index (κ1) is 64.1. The van der Waals surface area contributed by atoms with Crippen molar-refractivity contribution in [1.29, 1.82) is 0 Å². The van der Waals surface area contributed by atoms with Crippen molar-refractivity contribution in [3.8, 4) is 0 Å². The van der Waals surface area contributed by atoms with Gasteiger partial charge < -0.3 is 24.2 Å². The Morgan fingerprint density at radius 2 is 0.794 bits per heavy atom. The molecule has 3 atom stereocenters. The number of hydrogen-bond acceptors (Lipinski definition) is 10. The second kappa shape index (κ2) is 49.6. The van der Waals surface area contributed by atoms with E-state index in [0.717, 1.165) is 103 Å². The van der Waals surface area contributed by atoms with E-state index < -0.39 is 57.8 Å². The molecule has 0 aliphatic heterocycles. The second-order valence-electron chi connectivity index (χ2n) is 16.6. The standard InChI is InChI=1S/C56H91O11P/c1-4-7-10-13-16-19-22-25-26-29-32-35-38-41-44-47-56(60)67-53(49-63-54(58)45-42-39-36-33-30-27-23-20-17-14-11-8-5-2)51-65-68(61,62)64-50-52(48-57)66-55(59)46-43-40-37-34-31-28-24-21-18-15-12-9-6-3/h7,9-10,12,16,18-21,23,25-26,28,31-32,35,37,40,52-53,57H,4-6,8,11,13-15,17,22,24,27,29-30,33-34,36,38-39,41-51H2,1-3H3,(H,61,62)/b10-7-,12-9-,19-16-,21-18-,23-20-,26-25-,31-28-,35-32-,40-37-. The van der Waals surface area contributed by atoms with Crippen LogP contribution in [0.25, 0.3) is 0 Å². The Balaban J connectivity index is 4.90. The Hall–Kier alpha value is -3.86. The average Bonchev–Trinajstić information content (AvgIpc) is 3.32. The Kier molecular flexibility index (Phi) is 46.7. The number of aliphatic hydroxyl groups excluding tert-OH is 1. The highest BCUT2D eigenvalue weighted by molar-refractivity contribution is 7.47. The molecular formula is C56H91O11P. The highest BCUT2D eigenvalue weighted by atomic mass is 31.2. The van der Waals surface area contributed by atoms with Crippen LogP contribution in [0.15, 0.2) is 109 Å². The lowest BCUT2D eigenvalue weighted by Crippen LogP contribution is -2.30. The zero-order chi connectivity index (χ0) is 49.9. The molecule has 3 unspecified atom stereocenters. The molecule has 0 fully saturated rings. The van der Waals surface area contributed by atoms with E-state index >= 15 is 0 Å². The molecule has 0 aliphatic rings. The molecule has 386 valence electrons. The maximum Gasteiger partial charge on any atom is 0.472 e. The highest BCUT2D eigenvalue weighted by Crippen LogP contribution is 2.43. The molecule has 0 heterocycles. The molecule has 0 saturated carbocycles. The minimum Gasteiger partial charge on any atom is -0.462 e. The topological polar surface area (TPSA) is 155 Å². The third kappa shape index (κ3) is 47.2. The van der Waals surface area contributed by atoms with E-state index in [1.54, 1.807) is 0 Å². The van der Waals surface area contributed by atoms with Crippen molar-refractivity contribution in [2.24, 2.45) is 0 Å². The van der Waals surface area contributed by atoms with Crippen molar-refractivity contribution in [3.05, 3.63) is 109 Å². The SMILES string of the molecule is CC/C=C\C/C=C\C/C=C\C/C=C\CCCCC(=O)OC(COC(=O)CCCCCCC/C=C\CCCCCC)COP(=O)(O)OCC(CO)OC(=O)CC/C=C\C/C=C\C/C=C\C/C=C\CC. The van der Waals surface area contributed by atoms with Crippen molar-refractivity contribution < 1.29 is 52.2 Å². The number of allylic oxidation sites excluding steroid dienone is 18. The van der Waals surface area contributed by atoms with E-state index in [1.165, 1.54) is 25.7 Å². The van der Waals surface area contributed by atoms with E-state index in [0.29, 0.717) is 19.3 Å². The Morgan fingerprint density at radius 1 is 0.426 bits per heavy atom. The summed E-state index contributed by atoms with van der Waals surface area (Å²) in [5.41, 5.74) is 0. The third-order valence-corrected chi connectivity index (χ3v) is 11.1. The summed E-state index contributed by atoms with van der Waals surface area (Å²) >= 11 is 0. The minimum atomic E-state index is -4.78. The van der Waals surface area contributed by atoms with E-state index in [-0.39, 0.29) is 25.9 Å². The number of carbonyl (C=O) groups excluding carboxylic acids is 3. The second-order valence-corrected chi connectivity index (χ2v) is 18.0. The van der Waals surface area contributed by atoms with E-state index in [4.69, 9.17) is 23.3 Å². The molecule has 0 spiro atoms. The number of carbonyl (C=O) groups is 3. The number of esters is 3. The van der Waals surface area contributed by atoms with Gasteiger partial charge in [0.25, 0.3) is 0 Å². The van der Waals surface area contributed by atoms with Crippen molar-refractivity contribution in [2.45, 2.75) is 200 Å². The van der Waals surface area contributed by atoms with Gasteiger partial charge >= 0.3 is 25.7 Å². The van der Waals surface area contributed by atoms with Crippen molar-refractivity contribution in [2.75, 3.05) is 26.4 Å². The molecule has 0 aromatic heterocycles. The van der Waals surface area contributed by atoms with Crippen LogP contribution in [0.2, 0.25) is 0 Å². The molecule has 11 nitrogen and oxygen atoms in total. The van der Waals surface area contributed by atoms with Crippen LogP contribution in [0.5, 0.6) is 0 Å². The van der Waals surface area contributed by atoms with Crippen LogP contribution in [-0.2, 0) is 42.2 Å². The summed E-state index contributed by atoms with van der Waals surface area (Å²) in [6.07, 6.45) is 58.0. The zero-order valence-corrected chi connectivity index (χ0v) is 43.2. The van der Waals surface area contributed by atoms with Gasteiger partial charge in [0, 0.05) is 19.3 Å². The fourth-order valence-corrected chi connectivity index (χ4v) is 7.08. The molecule has 0 amide bonds. The van der Waals surface area contributed by atoms with Crippen molar-refractivity contribution in [1.82, 2.24) is 0 Å². The van der Waals surface area contributed by atoms with Gasteiger partial charge in [-0.3, -0.25) is 23.4 Å². The van der Waals surface area contributed by atoms with Crippen LogP contribution in [0.4, 0.5) is 0 Å². The molecule has 0 radical (unpaired) electrons. The normalized spacial score (nSPS) is 14.4. The highest BCUT2D eigenvalue weighted by Gasteiger charge is 2.28. The van der Waals surface area contributed by atoms with Gasteiger partial charge in [-0.1, -0.05) is 169 Å². The maximum atomic E-state index is 12.8. The Morgan fingerprint density at radius 3 is 1.31 bits per heavy atom.